The summed E-state index contributed by atoms with van der Waals surface area (Å²) in [7, 11) is 1.60. The Morgan fingerprint density at radius 2 is 1.77 bits per heavy atom. The highest BCUT2D eigenvalue weighted by Crippen LogP contribution is 2.25. The molecule has 0 saturated carbocycles. The first-order valence-corrected chi connectivity index (χ1v) is 5.06. The van der Waals surface area contributed by atoms with Crippen LogP contribution in [0.3, 0.4) is 0 Å². The van der Waals surface area contributed by atoms with Gasteiger partial charge in [0.2, 0.25) is 0 Å². The lowest BCUT2D eigenvalue weighted by Gasteiger charge is -2.28. The van der Waals surface area contributed by atoms with E-state index < -0.39 is 0 Å². The van der Waals surface area contributed by atoms with Crippen LogP contribution in [0.5, 0.6) is 0 Å². The zero-order chi connectivity index (χ0) is 10.4. The van der Waals surface area contributed by atoms with Gasteiger partial charge < -0.3 is 9.53 Å². The van der Waals surface area contributed by atoms with Crippen LogP contribution in [0.1, 0.15) is 34.1 Å². The van der Waals surface area contributed by atoms with Crippen molar-refractivity contribution in [1.29, 1.82) is 0 Å². The number of hydrogen-bond acceptors (Lipinski definition) is 2. The molecule has 4 unspecified atom stereocenters. The predicted octanol–water partition coefficient (Wildman–Crippen LogP) is 2.52. The summed E-state index contributed by atoms with van der Waals surface area (Å²) in [4.78, 5) is 10.7. The first-order chi connectivity index (χ1) is 6.08. The van der Waals surface area contributed by atoms with Crippen molar-refractivity contribution in [2.75, 3.05) is 7.11 Å². The van der Waals surface area contributed by atoms with Crippen molar-refractivity contribution in [3.8, 4) is 0 Å². The number of carbonyl (C=O) groups excluding carboxylic acids is 1. The van der Waals surface area contributed by atoms with E-state index in [1.54, 1.807) is 7.11 Å². The van der Waals surface area contributed by atoms with Crippen molar-refractivity contribution in [3.05, 3.63) is 0 Å². The second-order valence-electron chi connectivity index (χ2n) is 3.94. The molecule has 0 rings (SSSR count). The van der Waals surface area contributed by atoms with Crippen LogP contribution in [0, 0.1) is 17.8 Å². The van der Waals surface area contributed by atoms with Crippen LogP contribution in [0.15, 0.2) is 0 Å². The van der Waals surface area contributed by atoms with E-state index in [9.17, 15) is 4.79 Å². The third-order valence-corrected chi connectivity index (χ3v) is 3.30. The Kier molecular flexibility index (Phi) is 5.97. The highest BCUT2D eigenvalue weighted by molar-refractivity contribution is 5.56. The maximum absolute atomic E-state index is 10.7. The molecule has 0 radical (unpaired) electrons. The lowest BCUT2D eigenvalue weighted by molar-refractivity contribution is -0.120. The number of hydrogen-bond donors (Lipinski definition) is 0. The maximum atomic E-state index is 10.7. The summed E-state index contributed by atoms with van der Waals surface area (Å²) in [6.45, 7) is 8.67. The van der Waals surface area contributed by atoms with Crippen molar-refractivity contribution < 1.29 is 9.53 Å². The van der Waals surface area contributed by atoms with E-state index in [4.69, 9.17) is 4.74 Å². The van der Waals surface area contributed by atoms with Gasteiger partial charge in [-0.3, -0.25) is 0 Å². The Bertz CT molecular complexity index is 145. The molecule has 0 fully saturated rings. The van der Waals surface area contributed by atoms with Crippen molar-refractivity contribution in [2.24, 2.45) is 17.8 Å². The molecule has 78 valence electrons. The van der Waals surface area contributed by atoms with E-state index in [1.165, 1.54) is 0 Å². The summed E-state index contributed by atoms with van der Waals surface area (Å²) in [6, 6.07) is 0. The average Bonchev–Trinajstić information content (AvgIpc) is 2.17. The zero-order valence-electron chi connectivity index (χ0n) is 9.41. The predicted molar refractivity (Wildman–Crippen MR) is 54.6 cm³/mol. The Morgan fingerprint density at radius 1 is 1.23 bits per heavy atom. The van der Waals surface area contributed by atoms with Crippen molar-refractivity contribution in [1.82, 2.24) is 0 Å². The van der Waals surface area contributed by atoms with Crippen LogP contribution in [-0.4, -0.2) is 19.5 Å². The summed E-state index contributed by atoms with van der Waals surface area (Å²) < 4.78 is 5.11. The minimum absolute atomic E-state index is 0.246. The average molecular weight is 186 g/mol. The minimum Gasteiger partial charge on any atom is -0.374 e. The van der Waals surface area contributed by atoms with E-state index in [1.807, 2.05) is 0 Å². The molecule has 0 aliphatic heterocycles. The van der Waals surface area contributed by atoms with Crippen LogP contribution >= 0.6 is 0 Å². The monoisotopic (exact) mass is 186 g/mol. The highest BCUT2D eigenvalue weighted by atomic mass is 16.5. The van der Waals surface area contributed by atoms with Gasteiger partial charge in [-0.15, -0.1) is 0 Å². The van der Waals surface area contributed by atoms with E-state index >= 15 is 0 Å². The van der Waals surface area contributed by atoms with Gasteiger partial charge >= 0.3 is 0 Å². The third-order valence-electron chi connectivity index (χ3n) is 3.30. The van der Waals surface area contributed by atoms with Crippen LogP contribution < -0.4 is 0 Å². The lowest BCUT2D eigenvalue weighted by atomic mass is 9.81. The normalized spacial score (nSPS) is 20.4. The van der Waals surface area contributed by atoms with Crippen LogP contribution in [-0.2, 0) is 9.53 Å². The van der Waals surface area contributed by atoms with E-state index in [0.717, 1.165) is 12.7 Å². The molecule has 0 spiro atoms. The molecular formula is C11H22O2. The summed E-state index contributed by atoms with van der Waals surface area (Å²) in [5, 5.41) is 0. The van der Waals surface area contributed by atoms with Crippen molar-refractivity contribution in [2.45, 2.75) is 40.2 Å². The summed E-state index contributed by atoms with van der Waals surface area (Å²) in [5.74, 6) is 1.48. The van der Waals surface area contributed by atoms with Gasteiger partial charge in [-0.25, -0.2) is 0 Å². The van der Waals surface area contributed by atoms with E-state index in [-0.39, 0.29) is 6.10 Å². The fraction of sp³-hybridized carbons (Fsp3) is 0.909. The van der Waals surface area contributed by atoms with Crippen LogP contribution in [0.25, 0.3) is 0 Å². The molecule has 0 heterocycles. The molecular weight excluding hydrogens is 164 g/mol. The molecule has 0 aromatic heterocycles. The molecule has 0 aliphatic rings. The Morgan fingerprint density at radius 3 is 2.08 bits per heavy atom. The van der Waals surface area contributed by atoms with Crippen LogP contribution in [0.4, 0.5) is 0 Å². The molecule has 2 nitrogen and oxygen atoms in total. The largest absolute Gasteiger partial charge is 0.374 e. The molecule has 2 heteroatoms. The maximum Gasteiger partial charge on any atom is 0.149 e. The van der Waals surface area contributed by atoms with Gasteiger partial charge in [0.1, 0.15) is 12.4 Å². The second-order valence-corrected chi connectivity index (χ2v) is 3.94. The zero-order valence-corrected chi connectivity index (χ0v) is 9.41. The van der Waals surface area contributed by atoms with Gasteiger partial charge in [0.15, 0.2) is 0 Å². The SMILES string of the molecule is CCC(C)C(C)C(C)C(C=O)OC. The first-order valence-electron chi connectivity index (χ1n) is 5.06. The standard InChI is InChI=1S/C11H22O2/c1-6-8(2)9(3)10(4)11(7-12)13-5/h7-11H,6H2,1-5H3. The topological polar surface area (TPSA) is 26.3 Å². The summed E-state index contributed by atoms with van der Waals surface area (Å²) >= 11 is 0. The number of carbonyl (C=O) groups is 1. The summed E-state index contributed by atoms with van der Waals surface area (Å²) in [5.41, 5.74) is 0. The quantitative estimate of drug-likeness (QED) is 0.596. The van der Waals surface area contributed by atoms with Crippen molar-refractivity contribution in [3.63, 3.8) is 0 Å². The Hall–Kier alpha value is -0.370. The van der Waals surface area contributed by atoms with Gasteiger partial charge in [0.25, 0.3) is 0 Å². The van der Waals surface area contributed by atoms with Gasteiger partial charge in [0.05, 0.1) is 0 Å². The fourth-order valence-electron chi connectivity index (χ4n) is 1.58. The number of methoxy groups -OCH3 is 1. The molecule has 0 aromatic rings. The first kappa shape index (κ1) is 12.6. The molecule has 13 heavy (non-hydrogen) atoms. The van der Waals surface area contributed by atoms with Gasteiger partial charge in [-0.05, 0) is 17.8 Å². The van der Waals surface area contributed by atoms with E-state index in [0.29, 0.717) is 17.8 Å². The molecule has 0 saturated heterocycles. The molecule has 0 aromatic carbocycles. The van der Waals surface area contributed by atoms with Gasteiger partial charge in [-0.2, -0.15) is 0 Å². The Labute approximate surface area is 81.7 Å². The number of aldehydes is 1. The fourth-order valence-corrected chi connectivity index (χ4v) is 1.58. The second kappa shape index (κ2) is 6.14. The third kappa shape index (κ3) is 3.47. The van der Waals surface area contributed by atoms with Gasteiger partial charge in [0, 0.05) is 7.11 Å². The molecule has 0 bridgehead atoms. The number of rotatable bonds is 6. The Balaban J connectivity index is 4.21. The highest BCUT2D eigenvalue weighted by Gasteiger charge is 2.25. The number of ether oxygens (including phenoxy) is 1. The minimum atomic E-state index is -0.246. The molecule has 0 aliphatic carbocycles. The lowest BCUT2D eigenvalue weighted by Crippen LogP contribution is -2.30. The molecule has 0 amide bonds. The summed E-state index contributed by atoms with van der Waals surface area (Å²) in [6.07, 6.45) is 1.81. The smallest absolute Gasteiger partial charge is 0.149 e. The molecule has 0 N–H and O–H groups in total. The van der Waals surface area contributed by atoms with Gasteiger partial charge in [-0.1, -0.05) is 34.1 Å². The van der Waals surface area contributed by atoms with E-state index in [2.05, 4.69) is 27.7 Å². The molecule has 4 atom stereocenters. The van der Waals surface area contributed by atoms with Crippen LogP contribution in [0.2, 0.25) is 0 Å². The van der Waals surface area contributed by atoms with Crippen molar-refractivity contribution >= 4 is 6.29 Å².